The van der Waals surface area contributed by atoms with Crippen molar-refractivity contribution in [2.45, 2.75) is 0 Å². The van der Waals surface area contributed by atoms with Crippen LogP contribution in [0.15, 0.2) is 0 Å². The normalized spacial score (nSPS) is 18.0. The summed E-state index contributed by atoms with van der Waals surface area (Å²) in [6, 6.07) is 0. The molecule has 0 unspecified atom stereocenters. The number of halogens is 6. The summed E-state index contributed by atoms with van der Waals surface area (Å²) in [7, 11) is 0. The summed E-state index contributed by atoms with van der Waals surface area (Å²) in [5.41, 5.74) is 0. The van der Waals surface area contributed by atoms with Crippen LogP contribution in [0.2, 0.25) is 0 Å². The van der Waals surface area contributed by atoms with Gasteiger partial charge in [-0.2, -0.15) is 0 Å². The van der Waals surface area contributed by atoms with Crippen LogP contribution in [0.1, 0.15) is 0 Å². The van der Waals surface area contributed by atoms with E-state index < -0.39 is 16.7 Å². The Balaban J connectivity index is -0.000000180. The minimum Gasteiger partial charge on any atom is 0 e. The van der Waals surface area contributed by atoms with E-state index >= 15 is 0 Å². The average molecular weight is 666 g/mol. The molecule has 0 amide bonds. The molecule has 0 radical (unpaired) electrons. The maximum absolute atomic E-state index is 11.3. The molecule has 0 rings (SSSR count). The Morgan fingerprint density at radius 2 is 0.556 bits per heavy atom. The molecule has 0 spiro atoms. The van der Waals surface area contributed by atoms with Crippen molar-refractivity contribution in [3.63, 3.8) is 0 Å². The van der Waals surface area contributed by atoms with Crippen LogP contribution in [-0.2, 0) is 58.8 Å². The molecule has 60 valence electrons. The third-order valence-corrected chi connectivity index (χ3v) is 0. The fourth-order valence-electron chi connectivity index (χ4n) is 0. The third kappa shape index (κ3) is 208. The molecular formula is F6W3. The van der Waals surface area contributed by atoms with Gasteiger partial charge in [0.15, 0.2) is 0 Å². The van der Waals surface area contributed by atoms with Crippen molar-refractivity contribution in [2.24, 2.45) is 0 Å². The van der Waals surface area contributed by atoms with Gasteiger partial charge in [-0.3, -0.25) is 0 Å². The maximum atomic E-state index is 9.93. The van der Waals surface area contributed by atoms with Crippen LogP contribution < -0.4 is 0 Å². The van der Waals surface area contributed by atoms with Crippen LogP contribution in [0.5, 0.6) is 0 Å². The molecule has 9 heavy (non-hydrogen) atoms. The largest absolute Gasteiger partial charge is 0 e. The van der Waals surface area contributed by atoms with E-state index in [0.29, 0.717) is 0 Å². The van der Waals surface area contributed by atoms with Crippen LogP contribution in [0.4, 0.5) is 18.9 Å². The molecule has 0 aromatic rings. The zero-order valence-electron chi connectivity index (χ0n) is 3.49. The summed E-state index contributed by atoms with van der Waals surface area (Å²) in [5, 5.41) is 0. The van der Waals surface area contributed by atoms with E-state index in [9.17, 15) is 18.9 Å². The minimum absolute atomic E-state index is 0. The Hall–Kier alpha value is 1.64. The second-order valence-electron chi connectivity index (χ2n) is 0.875. The fourth-order valence-corrected chi connectivity index (χ4v) is 0. The molecule has 9 heteroatoms. The van der Waals surface area contributed by atoms with Gasteiger partial charge in [0, 0.05) is 42.1 Å². The Morgan fingerprint density at radius 3 is 0.556 bits per heavy atom. The zero-order chi connectivity index (χ0) is 6.41. The fraction of sp³-hybridized carbons (Fsp3) is 0. The monoisotopic (exact) mass is 666 g/mol. The second-order valence-corrected chi connectivity index (χ2v) is 7.16. The first-order chi connectivity index (χ1) is 2.45. The van der Waals surface area contributed by atoms with Gasteiger partial charge in [0.05, 0.1) is 0 Å². The van der Waals surface area contributed by atoms with Gasteiger partial charge in [-0.1, -0.05) is 0 Å². The predicted octanol–water partition coefficient (Wildman–Crippen LogP) is 2.51. The van der Waals surface area contributed by atoms with Crippen LogP contribution in [0.25, 0.3) is 0 Å². The van der Waals surface area contributed by atoms with E-state index in [4.69, 9.17) is 0 Å². The minimum atomic E-state index is -11.3. The van der Waals surface area contributed by atoms with E-state index in [0.717, 1.165) is 0 Å². The number of hydrogen-bond donors (Lipinski definition) is 0. The van der Waals surface area contributed by atoms with Crippen molar-refractivity contribution >= 4 is 0 Å². The van der Waals surface area contributed by atoms with E-state index in [-0.39, 0.29) is 42.1 Å². The SMILES string of the molecule is [F][W]([F])([F])([F])([F])[F].[W].[W]. The standard InChI is InChI=1S/6FH.3W/h6*1H;;;/q;;;;;;;;+6/p-6. The Labute approximate surface area is 77.3 Å². The molecular weight excluding hydrogens is 666 g/mol. The third-order valence-electron chi connectivity index (χ3n) is 0. The molecule has 0 aromatic carbocycles. The summed E-state index contributed by atoms with van der Waals surface area (Å²) in [6.45, 7) is 0. The van der Waals surface area contributed by atoms with Gasteiger partial charge in [-0.15, -0.1) is 0 Å². The molecule has 0 heterocycles. The van der Waals surface area contributed by atoms with Gasteiger partial charge in [0.1, 0.15) is 0 Å². The van der Waals surface area contributed by atoms with Gasteiger partial charge >= 0.3 is 35.7 Å². The average Bonchev–Trinajstić information content (AvgIpc) is 0.592. The first kappa shape index (κ1) is 16.9. The molecule has 0 bridgehead atoms. The van der Waals surface area contributed by atoms with Crippen molar-refractivity contribution in [1.29, 1.82) is 0 Å². The van der Waals surface area contributed by atoms with E-state index in [1.165, 1.54) is 0 Å². The molecule has 0 aliphatic carbocycles. The van der Waals surface area contributed by atoms with Gasteiger partial charge in [-0.25, -0.2) is 0 Å². The maximum Gasteiger partial charge on any atom is 0 e. The Bertz CT molecular complexity index is 66.9. The first-order valence-electron chi connectivity index (χ1n) is 0.926. The van der Waals surface area contributed by atoms with E-state index in [1.54, 1.807) is 0 Å². The molecule has 0 atom stereocenters. The van der Waals surface area contributed by atoms with Gasteiger partial charge < -0.3 is 0 Å². The Kier molecular flexibility index (Phi) is 4.90. The topological polar surface area (TPSA) is 0 Å². The molecule has 0 saturated heterocycles. The number of rotatable bonds is 0. The van der Waals surface area contributed by atoms with Crippen molar-refractivity contribution in [1.82, 2.24) is 0 Å². The molecule has 0 aromatic heterocycles. The van der Waals surface area contributed by atoms with Crippen molar-refractivity contribution in [3.8, 4) is 0 Å². The summed E-state index contributed by atoms with van der Waals surface area (Å²) in [6.07, 6.45) is 0. The molecule has 0 aliphatic heterocycles. The van der Waals surface area contributed by atoms with Crippen molar-refractivity contribution in [2.75, 3.05) is 0 Å². The summed E-state index contributed by atoms with van der Waals surface area (Å²) >= 11 is -11.3. The summed E-state index contributed by atoms with van der Waals surface area (Å²) in [4.78, 5) is 0. The molecule has 0 saturated carbocycles. The smallest absolute Gasteiger partial charge is 0 e. The Morgan fingerprint density at radius 1 is 0.556 bits per heavy atom. The molecule has 0 fully saturated rings. The van der Waals surface area contributed by atoms with Crippen molar-refractivity contribution < 1.29 is 77.8 Å². The summed E-state index contributed by atoms with van der Waals surface area (Å²) < 4.78 is 59.6. The van der Waals surface area contributed by atoms with Gasteiger partial charge in [-0.05, 0) is 0 Å². The van der Waals surface area contributed by atoms with Crippen molar-refractivity contribution in [3.05, 3.63) is 0 Å². The van der Waals surface area contributed by atoms with E-state index in [1.807, 2.05) is 0 Å². The van der Waals surface area contributed by atoms with Gasteiger partial charge in [0.2, 0.25) is 0 Å². The van der Waals surface area contributed by atoms with Gasteiger partial charge in [0.25, 0.3) is 0 Å². The predicted molar refractivity (Wildman–Crippen MR) is 6.65 cm³/mol. The molecule has 0 N–H and O–H groups in total. The van der Waals surface area contributed by atoms with Crippen LogP contribution in [-0.4, -0.2) is 0 Å². The molecule has 0 aliphatic rings. The van der Waals surface area contributed by atoms with E-state index in [2.05, 4.69) is 0 Å². The zero-order valence-corrected chi connectivity index (χ0v) is 12.3. The second kappa shape index (κ2) is 2.60. The first-order valence-corrected chi connectivity index (χ1v) is 7.58. The molecule has 0 nitrogen and oxygen atoms in total. The van der Waals surface area contributed by atoms with Crippen LogP contribution >= 0.6 is 0 Å². The van der Waals surface area contributed by atoms with Crippen LogP contribution in [0.3, 0.4) is 0 Å². The summed E-state index contributed by atoms with van der Waals surface area (Å²) in [5.74, 6) is 0. The quantitative estimate of drug-likeness (QED) is 0.350. The van der Waals surface area contributed by atoms with Crippen LogP contribution in [0, 0.1) is 0 Å². The number of hydrogen-bond acceptors (Lipinski definition) is 0.